The first-order valence-corrected chi connectivity index (χ1v) is 8.46. The predicted octanol–water partition coefficient (Wildman–Crippen LogP) is 1.77. The fourth-order valence-corrected chi connectivity index (χ4v) is 4.10. The van der Waals surface area contributed by atoms with Crippen molar-refractivity contribution in [3.05, 3.63) is 0 Å². The van der Waals surface area contributed by atoms with Gasteiger partial charge in [0.25, 0.3) is 0 Å². The lowest BCUT2D eigenvalue weighted by Crippen LogP contribution is -2.56. The third-order valence-electron chi connectivity index (χ3n) is 5.49. The van der Waals surface area contributed by atoms with E-state index in [4.69, 9.17) is 15.2 Å². The molecule has 0 bridgehead atoms. The Kier molecular flexibility index (Phi) is 4.65. The van der Waals surface area contributed by atoms with Crippen LogP contribution in [0.15, 0.2) is 0 Å². The van der Waals surface area contributed by atoms with Gasteiger partial charge in [0.15, 0.2) is 0 Å². The van der Waals surface area contributed by atoms with Crippen molar-refractivity contribution in [3.63, 3.8) is 0 Å². The van der Waals surface area contributed by atoms with E-state index in [0.29, 0.717) is 5.92 Å². The molecule has 3 aliphatic rings. The van der Waals surface area contributed by atoms with Gasteiger partial charge < -0.3 is 15.2 Å². The summed E-state index contributed by atoms with van der Waals surface area (Å²) in [6, 6.07) is 0.177. The van der Waals surface area contributed by atoms with Crippen LogP contribution >= 0.6 is 0 Å². The molecule has 0 aromatic carbocycles. The van der Waals surface area contributed by atoms with E-state index in [-0.39, 0.29) is 17.7 Å². The molecule has 0 aromatic heterocycles. The summed E-state index contributed by atoms with van der Waals surface area (Å²) in [5.41, 5.74) is 6.77. The number of nitrogens with zero attached hydrogens (tertiary/aromatic N) is 1. The summed E-state index contributed by atoms with van der Waals surface area (Å²) in [6.07, 6.45) is 7.50. The maximum Gasteiger partial charge on any atom is 0.0855 e. The normalized spacial score (nSPS) is 35.7. The van der Waals surface area contributed by atoms with Crippen molar-refractivity contribution in [2.45, 2.75) is 63.2 Å². The van der Waals surface area contributed by atoms with E-state index in [1.54, 1.807) is 0 Å². The highest BCUT2D eigenvalue weighted by molar-refractivity contribution is 4.98. The summed E-state index contributed by atoms with van der Waals surface area (Å²) in [5.74, 6) is 0.579. The molecule has 3 unspecified atom stereocenters. The highest BCUT2D eigenvalue weighted by atomic mass is 16.5. The summed E-state index contributed by atoms with van der Waals surface area (Å²) >= 11 is 0. The number of ether oxygens (including phenoxy) is 2. The maximum absolute atomic E-state index is 6.57. The molecular weight excluding hydrogens is 252 g/mol. The molecule has 0 amide bonds. The van der Waals surface area contributed by atoms with Gasteiger partial charge >= 0.3 is 0 Å². The second-order valence-corrected chi connectivity index (χ2v) is 6.93. The van der Waals surface area contributed by atoms with Gasteiger partial charge in [-0.2, -0.15) is 0 Å². The van der Waals surface area contributed by atoms with Crippen LogP contribution in [0.1, 0.15) is 45.4 Å². The first-order valence-electron chi connectivity index (χ1n) is 8.46. The molecule has 4 nitrogen and oxygen atoms in total. The van der Waals surface area contributed by atoms with E-state index in [1.165, 1.54) is 32.2 Å². The predicted molar refractivity (Wildman–Crippen MR) is 79.7 cm³/mol. The van der Waals surface area contributed by atoms with Crippen molar-refractivity contribution < 1.29 is 9.47 Å². The Hall–Kier alpha value is -0.160. The van der Waals surface area contributed by atoms with Crippen LogP contribution in [-0.2, 0) is 9.47 Å². The molecule has 0 radical (unpaired) electrons. The maximum atomic E-state index is 6.57. The average molecular weight is 282 g/mol. The molecule has 2 saturated heterocycles. The van der Waals surface area contributed by atoms with Crippen molar-refractivity contribution in [2.75, 3.05) is 32.8 Å². The molecular formula is C16H30N2O2. The minimum atomic E-state index is 0.177. The third kappa shape index (κ3) is 3.03. The molecule has 3 fully saturated rings. The Morgan fingerprint density at radius 1 is 1.35 bits per heavy atom. The zero-order valence-corrected chi connectivity index (χ0v) is 12.9. The van der Waals surface area contributed by atoms with E-state index < -0.39 is 0 Å². The highest BCUT2D eigenvalue weighted by Gasteiger charge is 2.45. The van der Waals surface area contributed by atoms with E-state index in [2.05, 4.69) is 11.8 Å². The summed E-state index contributed by atoms with van der Waals surface area (Å²) in [5, 5.41) is 0. The largest absolute Gasteiger partial charge is 0.375 e. The van der Waals surface area contributed by atoms with Gasteiger partial charge in [0.05, 0.1) is 18.3 Å². The van der Waals surface area contributed by atoms with Crippen LogP contribution in [0.3, 0.4) is 0 Å². The average Bonchev–Trinajstić information content (AvgIpc) is 2.46. The van der Waals surface area contributed by atoms with Gasteiger partial charge in [0.1, 0.15) is 0 Å². The van der Waals surface area contributed by atoms with Gasteiger partial charge in [0.2, 0.25) is 0 Å². The van der Waals surface area contributed by atoms with Crippen LogP contribution in [0.4, 0.5) is 0 Å². The Morgan fingerprint density at radius 3 is 2.90 bits per heavy atom. The first kappa shape index (κ1) is 14.8. The summed E-state index contributed by atoms with van der Waals surface area (Å²) < 4.78 is 12.0. The number of morpholine rings is 1. The molecule has 1 spiro atoms. The molecule has 2 aliphatic heterocycles. The van der Waals surface area contributed by atoms with Crippen molar-refractivity contribution in [1.29, 1.82) is 0 Å². The standard InChI is InChI=1S/C16H30N2O2/c1-2-7-18-8-10-19-14(12-18)15(17)13-4-9-20-16(11-13)5-3-6-16/h13-15H,2-12,17H2,1H3. The third-order valence-corrected chi connectivity index (χ3v) is 5.49. The SMILES string of the molecule is CCCN1CCOC(C(N)C2CCOC3(CCC3)C2)C1. The quantitative estimate of drug-likeness (QED) is 0.854. The van der Waals surface area contributed by atoms with Gasteiger partial charge in [0, 0.05) is 25.7 Å². The van der Waals surface area contributed by atoms with Gasteiger partial charge in [-0.25, -0.2) is 0 Å². The van der Waals surface area contributed by atoms with E-state index >= 15 is 0 Å². The number of hydrogen-bond donors (Lipinski definition) is 1. The Balaban J connectivity index is 1.55. The Bertz CT molecular complexity index is 318. The minimum Gasteiger partial charge on any atom is -0.375 e. The fraction of sp³-hybridized carbons (Fsp3) is 1.00. The number of rotatable bonds is 4. The molecule has 3 atom stereocenters. The van der Waals surface area contributed by atoms with E-state index in [9.17, 15) is 0 Å². The van der Waals surface area contributed by atoms with Crippen LogP contribution < -0.4 is 5.73 Å². The van der Waals surface area contributed by atoms with Crippen molar-refractivity contribution in [1.82, 2.24) is 4.90 Å². The summed E-state index contributed by atoms with van der Waals surface area (Å²) in [6.45, 7) is 7.22. The van der Waals surface area contributed by atoms with Crippen LogP contribution in [0.2, 0.25) is 0 Å². The zero-order valence-electron chi connectivity index (χ0n) is 12.9. The molecule has 4 heteroatoms. The highest BCUT2D eigenvalue weighted by Crippen LogP contribution is 2.45. The lowest BCUT2D eigenvalue weighted by Gasteiger charge is -2.49. The number of nitrogens with two attached hydrogens (primary N) is 1. The van der Waals surface area contributed by atoms with Crippen LogP contribution in [0.25, 0.3) is 0 Å². The number of hydrogen-bond acceptors (Lipinski definition) is 4. The molecule has 3 rings (SSSR count). The van der Waals surface area contributed by atoms with Crippen LogP contribution in [0.5, 0.6) is 0 Å². The van der Waals surface area contributed by atoms with Gasteiger partial charge in [-0.1, -0.05) is 6.92 Å². The topological polar surface area (TPSA) is 47.7 Å². The second-order valence-electron chi connectivity index (χ2n) is 6.93. The molecule has 0 aromatic rings. The minimum absolute atomic E-state index is 0.177. The zero-order chi connectivity index (χ0) is 14.0. The molecule has 1 aliphatic carbocycles. The van der Waals surface area contributed by atoms with Crippen LogP contribution in [0, 0.1) is 5.92 Å². The molecule has 116 valence electrons. The Morgan fingerprint density at radius 2 is 2.20 bits per heavy atom. The van der Waals surface area contributed by atoms with Gasteiger partial charge in [-0.15, -0.1) is 0 Å². The Labute approximate surface area is 123 Å². The van der Waals surface area contributed by atoms with Gasteiger partial charge in [-0.05, 0) is 51.0 Å². The van der Waals surface area contributed by atoms with E-state index in [1.807, 2.05) is 0 Å². The molecule has 1 saturated carbocycles. The lowest BCUT2D eigenvalue weighted by atomic mass is 9.70. The second kappa shape index (κ2) is 6.30. The summed E-state index contributed by atoms with van der Waals surface area (Å²) in [7, 11) is 0. The molecule has 2 N–H and O–H groups in total. The van der Waals surface area contributed by atoms with Crippen LogP contribution in [-0.4, -0.2) is 55.5 Å². The van der Waals surface area contributed by atoms with Crippen molar-refractivity contribution >= 4 is 0 Å². The van der Waals surface area contributed by atoms with Crippen molar-refractivity contribution in [3.8, 4) is 0 Å². The lowest BCUT2D eigenvalue weighted by molar-refractivity contribution is -0.154. The molecule has 2 heterocycles. The fourth-order valence-electron chi connectivity index (χ4n) is 4.10. The van der Waals surface area contributed by atoms with Crippen molar-refractivity contribution in [2.24, 2.45) is 11.7 Å². The monoisotopic (exact) mass is 282 g/mol. The van der Waals surface area contributed by atoms with Gasteiger partial charge in [-0.3, -0.25) is 4.90 Å². The smallest absolute Gasteiger partial charge is 0.0855 e. The first-order chi connectivity index (χ1) is 9.72. The van der Waals surface area contributed by atoms with E-state index in [0.717, 1.165) is 39.1 Å². The molecule has 20 heavy (non-hydrogen) atoms. The summed E-state index contributed by atoms with van der Waals surface area (Å²) in [4.78, 5) is 2.51.